The van der Waals surface area contributed by atoms with E-state index in [0.29, 0.717) is 12.0 Å². The van der Waals surface area contributed by atoms with E-state index in [9.17, 15) is 23.2 Å². The van der Waals surface area contributed by atoms with Gasteiger partial charge in [-0.05, 0) is 24.6 Å². The molecule has 3 unspecified atom stereocenters. The monoisotopic (exact) mass is 422 g/mol. The summed E-state index contributed by atoms with van der Waals surface area (Å²) in [5.74, 6) is -6.59. The molecule has 0 N–H and O–H groups in total. The zero-order chi connectivity index (χ0) is 22.3. The van der Waals surface area contributed by atoms with Crippen LogP contribution in [0.3, 0.4) is 0 Å². The summed E-state index contributed by atoms with van der Waals surface area (Å²) in [7, 11) is 0. The number of benzene rings is 1. The molecule has 1 aromatic carbocycles. The summed E-state index contributed by atoms with van der Waals surface area (Å²) in [5.41, 5.74) is 0.353. The van der Waals surface area contributed by atoms with Crippen molar-refractivity contribution >= 4 is 17.7 Å². The van der Waals surface area contributed by atoms with Crippen molar-refractivity contribution in [3.63, 3.8) is 0 Å². The van der Waals surface area contributed by atoms with Crippen molar-refractivity contribution < 1.29 is 32.6 Å². The largest absolute Gasteiger partial charge is 0.462 e. The van der Waals surface area contributed by atoms with Crippen LogP contribution >= 0.6 is 0 Å². The minimum Gasteiger partial charge on any atom is -0.462 e. The number of ether oxygens (including phenoxy) is 2. The molecule has 1 aromatic rings. The fraction of sp³-hybridized carbons (Fsp3) is 0.522. The highest BCUT2D eigenvalue weighted by Crippen LogP contribution is 2.38. The third kappa shape index (κ3) is 6.21. The zero-order valence-electron chi connectivity index (χ0n) is 17.5. The SMILES string of the molecule is CCCCC(F)(F)C(=O)/C=C/[C@H]1C(OC(=O)c2ccccc2)CC(OC(C)=O)C1C. The van der Waals surface area contributed by atoms with Crippen molar-refractivity contribution in [1.29, 1.82) is 0 Å². The second-order valence-electron chi connectivity index (χ2n) is 7.66. The van der Waals surface area contributed by atoms with Crippen molar-refractivity contribution in [1.82, 2.24) is 0 Å². The Kier molecular flexibility index (Phi) is 8.26. The van der Waals surface area contributed by atoms with E-state index in [0.717, 1.165) is 6.08 Å². The Morgan fingerprint density at radius 3 is 2.40 bits per heavy atom. The normalized spacial score (nSPS) is 24.0. The Morgan fingerprint density at radius 2 is 1.80 bits per heavy atom. The van der Waals surface area contributed by atoms with Gasteiger partial charge in [0.05, 0.1) is 5.56 Å². The van der Waals surface area contributed by atoms with E-state index >= 15 is 0 Å². The van der Waals surface area contributed by atoms with Crippen LogP contribution in [0.2, 0.25) is 0 Å². The number of rotatable bonds is 9. The third-order valence-electron chi connectivity index (χ3n) is 5.35. The quantitative estimate of drug-likeness (QED) is 0.424. The Balaban J connectivity index is 2.17. The summed E-state index contributed by atoms with van der Waals surface area (Å²) in [4.78, 5) is 35.9. The summed E-state index contributed by atoms with van der Waals surface area (Å²) in [5, 5.41) is 0. The van der Waals surface area contributed by atoms with Gasteiger partial charge in [-0.15, -0.1) is 0 Å². The summed E-state index contributed by atoms with van der Waals surface area (Å²) in [6.07, 6.45) is 1.53. The van der Waals surface area contributed by atoms with Crippen LogP contribution in [-0.2, 0) is 19.1 Å². The van der Waals surface area contributed by atoms with Gasteiger partial charge in [0.25, 0.3) is 0 Å². The van der Waals surface area contributed by atoms with Gasteiger partial charge in [-0.1, -0.05) is 44.5 Å². The van der Waals surface area contributed by atoms with Gasteiger partial charge in [0.1, 0.15) is 12.2 Å². The maximum absolute atomic E-state index is 14.0. The molecule has 5 nitrogen and oxygen atoms in total. The fourth-order valence-corrected chi connectivity index (χ4v) is 3.60. The number of allylic oxidation sites excluding steroid dienone is 1. The molecule has 0 spiro atoms. The average Bonchev–Trinajstić information content (AvgIpc) is 2.98. The maximum Gasteiger partial charge on any atom is 0.338 e. The highest BCUT2D eigenvalue weighted by Gasteiger charge is 2.44. The molecule has 7 heteroatoms. The molecule has 0 aromatic heterocycles. The molecule has 1 aliphatic carbocycles. The Labute approximate surface area is 175 Å². The molecule has 0 aliphatic heterocycles. The number of alkyl halides is 2. The van der Waals surface area contributed by atoms with Gasteiger partial charge in [0.2, 0.25) is 5.78 Å². The topological polar surface area (TPSA) is 69.7 Å². The van der Waals surface area contributed by atoms with Crippen LogP contribution in [0.1, 0.15) is 56.8 Å². The smallest absolute Gasteiger partial charge is 0.338 e. The number of carbonyl (C=O) groups excluding carboxylic acids is 3. The summed E-state index contributed by atoms with van der Waals surface area (Å²) >= 11 is 0. The molecule has 30 heavy (non-hydrogen) atoms. The van der Waals surface area contributed by atoms with Crippen molar-refractivity contribution in [3.05, 3.63) is 48.0 Å². The highest BCUT2D eigenvalue weighted by atomic mass is 19.3. The molecule has 1 fully saturated rings. The lowest BCUT2D eigenvalue weighted by atomic mass is 9.94. The number of hydrogen-bond donors (Lipinski definition) is 0. The minimum atomic E-state index is -3.43. The van der Waals surface area contributed by atoms with Crippen molar-refractivity contribution in [2.75, 3.05) is 0 Å². The van der Waals surface area contributed by atoms with Gasteiger partial charge in [-0.25, -0.2) is 4.79 Å². The zero-order valence-corrected chi connectivity index (χ0v) is 17.5. The van der Waals surface area contributed by atoms with Crippen LogP contribution in [0, 0.1) is 11.8 Å². The molecule has 0 saturated heterocycles. The number of halogens is 2. The van der Waals surface area contributed by atoms with Gasteiger partial charge in [-0.2, -0.15) is 8.78 Å². The standard InChI is InChI=1S/C23H28F2O5/c1-4-5-13-23(24,25)21(27)12-11-18-15(2)19(29-16(3)26)14-20(18)30-22(28)17-9-7-6-8-10-17/h6-12,15,18-20H,4-5,13-14H2,1-3H3/b12-11+/t15?,18-,19?,20?/m1/s1. The van der Waals surface area contributed by atoms with Crippen molar-refractivity contribution in [2.24, 2.45) is 11.8 Å². The van der Waals surface area contributed by atoms with Crippen LogP contribution in [0.25, 0.3) is 0 Å². The van der Waals surface area contributed by atoms with E-state index in [-0.39, 0.29) is 18.8 Å². The summed E-state index contributed by atoms with van der Waals surface area (Å²) in [6.45, 7) is 4.83. The number of esters is 2. The van der Waals surface area contributed by atoms with Crippen LogP contribution in [0.5, 0.6) is 0 Å². The molecular weight excluding hydrogens is 394 g/mol. The van der Waals surface area contributed by atoms with Crippen molar-refractivity contribution in [2.45, 2.75) is 64.6 Å². The first-order chi connectivity index (χ1) is 14.2. The number of unbranched alkanes of at least 4 members (excludes halogenated alkanes) is 1. The molecule has 2 rings (SSSR count). The predicted molar refractivity (Wildman–Crippen MR) is 107 cm³/mol. The van der Waals surface area contributed by atoms with Gasteiger partial charge < -0.3 is 9.47 Å². The summed E-state index contributed by atoms with van der Waals surface area (Å²) in [6, 6.07) is 8.37. The van der Waals surface area contributed by atoms with Crippen LogP contribution in [0.15, 0.2) is 42.5 Å². The molecule has 4 atom stereocenters. The molecule has 0 radical (unpaired) electrons. The van der Waals surface area contributed by atoms with Gasteiger partial charge in [-0.3, -0.25) is 9.59 Å². The van der Waals surface area contributed by atoms with E-state index in [1.165, 1.54) is 13.0 Å². The molecule has 164 valence electrons. The van der Waals surface area contributed by atoms with E-state index in [1.54, 1.807) is 44.2 Å². The summed E-state index contributed by atoms with van der Waals surface area (Å²) < 4.78 is 38.9. The second kappa shape index (κ2) is 10.5. The Hall–Kier alpha value is -2.57. The third-order valence-corrected chi connectivity index (χ3v) is 5.35. The molecule has 0 amide bonds. The number of ketones is 1. The maximum atomic E-state index is 14.0. The molecule has 0 bridgehead atoms. The van der Waals surface area contributed by atoms with Crippen LogP contribution < -0.4 is 0 Å². The predicted octanol–water partition coefficient (Wildman–Crippen LogP) is 4.75. The van der Waals surface area contributed by atoms with Crippen LogP contribution in [-0.4, -0.2) is 35.9 Å². The lowest BCUT2D eigenvalue weighted by Gasteiger charge is -2.20. The van der Waals surface area contributed by atoms with Crippen LogP contribution in [0.4, 0.5) is 8.78 Å². The minimum absolute atomic E-state index is 0.231. The first-order valence-electron chi connectivity index (χ1n) is 10.2. The molecule has 1 saturated carbocycles. The number of carbonyl (C=O) groups is 3. The van der Waals surface area contributed by atoms with E-state index < -0.39 is 48.2 Å². The fourth-order valence-electron chi connectivity index (χ4n) is 3.60. The average molecular weight is 422 g/mol. The van der Waals surface area contributed by atoms with E-state index in [2.05, 4.69) is 0 Å². The molecule has 0 heterocycles. The Bertz CT molecular complexity index is 775. The lowest BCUT2D eigenvalue weighted by molar-refractivity contribution is -0.148. The van der Waals surface area contributed by atoms with E-state index in [1.807, 2.05) is 0 Å². The second-order valence-corrected chi connectivity index (χ2v) is 7.66. The first-order valence-corrected chi connectivity index (χ1v) is 10.2. The van der Waals surface area contributed by atoms with Gasteiger partial charge >= 0.3 is 17.9 Å². The molecular formula is C23H28F2O5. The molecule has 1 aliphatic rings. The highest BCUT2D eigenvalue weighted by molar-refractivity contribution is 5.95. The van der Waals surface area contributed by atoms with Crippen molar-refractivity contribution in [3.8, 4) is 0 Å². The first kappa shape index (κ1) is 23.7. The Morgan fingerprint density at radius 1 is 1.13 bits per heavy atom. The van der Waals surface area contributed by atoms with Gasteiger partial charge in [0.15, 0.2) is 0 Å². The lowest BCUT2D eigenvalue weighted by Crippen LogP contribution is -2.28. The van der Waals surface area contributed by atoms with E-state index in [4.69, 9.17) is 9.47 Å². The number of hydrogen-bond acceptors (Lipinski definition) is 5. The van der Waals surface area contributed by atoms with Gasteiger partial charge in [0, 0.05) is 31.6 Å².